The van der Waals surface area contributed by atoms with Crippen LogP contribution < -0.4 is 10.1 Å². The van der Waals surface area contributed by atoms with Gasteiger partial charge in [-0.3, -0.25) is 9.59 Å². The number of nitrogens with one attached hydrogen (secondary N) is 1. The number of amides is 2. The Kier molecular flexibility index (Phi) is 5.79. The number of anilines is 1. The molecular weight excluding hydrogens is 396 g/mol. The van der Waals surface area contributed by atoms with Crippen molar-refractivity contribution in [1.29, 1.82) is 0 Å². The summed E-state index contributed by atoms with van der Waals surface area (Å²) in [5, 5.41) is 7.42. The highest BCUT2D eigenvalue weighted by molar-refractivity contribution is 6.00. The molecule has 0 spiro atoms. The number of piperidine rings is 1. The van der Waals surface area contributed by atoms with Gasteiger partial charge >= 0.3 is 0 Å². The minimum Gasteiger partial charge on any atom is -0.468 e. The molecule has 0 unspecified atom stereocenters. The average Bonchev–Trinajstić information content (AvgIpc) is 3.39. The summed E-state index contributed by atoms with van der Waals surface area (Å²) in [4.78, 5) is 27.5. The van der Waals surface area contributed by atoms with Crippen molar-refractivity contribution in [2.75, 3.05) is 19.0 Å². The van der Waals surface area contributed by atoms with Crippen molar-refractivity contribution in [2.45, 2.75) is 39.2 Å². The zero-order chi connectivity index (χ0) is 22.0. The Balaban J connectivity index is 1.47. The second-order valence-electron chi connectivity index (χ2n) is 7.71. The number of hydrogen-bond donors (Lipinski definition) is 1. The van der Waals surface area contributed by atoms with Gasteiger partial charge in [0.25, 0.3) is 11.9 Å². The summed E-state index contributed by atoms with van der Waals surface area (Å²) in [6.45, 7) is 4.46. The summed E-state index contributed by atoms with van der Waals surface area (Å²) in [5.74, 6) is -0.0664. The number of hydrogen-bond acceptors (Lipinski definition) is 5. The molecule has 8 heteroatoms. The number of carbonyl (C=O) groups excluding carboxylic acids is 2. The highest BCUT2D eigenvalue weighted by Crippen LogP contribution is 2.24. The van der Waals surface area contributed by atoms with E-state index in [1.807, 2.05) is 48.9 Å². The molecule has 4 rings (SSSR count). The molecule has 31 heavy (non-hydrogen) atoms. The fraction of sp³-hybridized carbons (Fsp3) is 0.348. The van der Waals surface area contributed by atoms with E-state index in [9.17, 15) is 9.59 Å². The summed E-state index contributed by atoms with van der Waals surface area (Å²) in [7, 11) is 1.48. The molecule has 1 fully saturated rings. The number of aromatic nitrogens is 2. The number of furan rings is 1. The molecule has 1 atom stereocenters. The van der Waals surface area contributed by atoms with E-state index in [4.69, 9.17) is 9.15 Å². The second-order valence-corrected chi connectivity index (χ2v) is 7.71. The molecule has 0 saturated carbocycles. The van der Waals surface area contributed by atoms with Gasteiger partial charge in [0.1, 0.15) is 6.04 Å². The summed E-state index contributed by atoms with van der Waals surface area (Å²) in [6.07, 6.45) is 2.35. The highest BCUT2D eigenvalue weighted by atomic mass is 16.6. The average molecular weight is 422 g/mol. The first-order chi connectivity index (χ1) is 15.0. The lowest BCUT2D eigenvalue weighted by atomic mass is 10.0. The lowest BCUT2D eigenvalue weighted by Crippen LogP contribution is -2.49. The molecule has 3 aromatic rings. The van der Waals surface area contributed by atoms with Crippen molar-refractivity contribution in [2.24, 2.45) is 0 Å². The summed E-state index contributed by atoms with van der Waals surface area (Å²) in [5.41, 5.74) is 3.59. The molecule has 0 aliphatic carbocycles. The largest absolute Gasteiger partial charge is 0.468 e. The zero-order valence-corrected chi connectivity index (χ0v) is 17.9. The van der Waals surface area contributed by atoms with Crippen LogP contribution in [-0.4, -0.2) is 46.2 Å². The van der Waals surface area contributed by atoms with E-state index in [-0.39, 0.29) is 23.5 Å². The van der Waals surface area contributed by atoms with Crippen LogP contribution in [0.5, 0.6) is 5.95 Å². The van der Waals surface area contributed by atoms with Gasteiger partial charge in [-0.05, 0) is 69.5 Å². The van der Waals surface area contributed by atoms with Gasteiger partial charge in [0.2, 0.25) is 5.91 Å². The van der Waals surface area contributed by atoms with Crippen LogP contribution in [0.25, 0.3) is 5.69 Å². The van der Waals surface area contributed by atoms with Crippen molar-refractivity contribution in [3.05, 3.63) is 59.6 Å². The first-order valence-corrected chi connectivity index (χ1v) is 10.4. The molecule has 1 aromatic carbocycles. The third-order valence-corrected chi connectivity index (χ3v) is 5.45. The third-order valence-electron chi connectivity index (χ3n) is 5.45. The van der Waals surface area contributed by atoms with Crippen molar-refractivity contribution in [1.82, 2.24) is 14.7 Å². The van der Waals surface area contributed by atoms with E-state index in [1.54, 1.807) is 17.0 Å². The minimum absolute atomic E-state index is 0.172. The fourth-order valence-corrected chi connectivity index (χ4v) is 3.94. The zero-order valence-electron chi connectivity index (χ0n) is 17.9. The van der Waals surface area contributed by atoms with Crippen LogP contribution in [0.15, 0.2) is 46.9 Å². The van der Waals surface area contributed by atoms with Gasteiger partial charge in [-0.1, -0.05) is 0 Å². The van der Waals surface area contributed by atoms with Crippen LogP contribution in [0.3, 0.4) is 0 Å². The minimum atomic E-state index is -0.548. The smallest absolute Gasteiger partial charge is 0.290 e. The maximum absolute atomic E-state index is 13.0. The van der Waals surface area contributed by atoms with Gasteiger partial charge in [0.15, 0.2) is 5.76 Å². The second kappa shape index (κ2) is 8.67. The first kappa shape index (κ1) is 20.7. The number of ether oxygens (including phenoxy) is 1. The van der Waals surface area contributed by atoms with Gasteiger partial charge in [-0.2, -0.15) is 5.10 Å². The molecule has 2 aromatic heterocycles. The molecule has 0 radical (unpaired) electrons. The lowest BCUT2D eigenvalue weighted by molar-refractivity contribution is -0.121. The molecular formula is C23H26N4O4. The Morgan fingerprint density at radius 2 is 1.90 bits per heavy atom. The Hall–Kier alpha value is -3.55. The highest BCUT2D eigenvalue weighted by Gasteiger charge is 2.34. The van der Waals surface area contributed by atoms with Crippen molar-refractivity contribution < 1.29 is 18.7 Å². The van der Waals surface area contributed by atoms with Gasteiger partial charge in [-0.25, -0.2) is 4.68 Å². The van der Waals surface area contributed by atoms with Crippen LogP contribution in [0, 0.1) is 13.8 Å². The molecule has 2 amide bonds. The number of carbonyl (C=O) groups is 2. The van der Waals surface area contributed by atoms with E-state index in [2.05, 4.69) is 10.4 Å². The topological polar surface area (TPSA) is 89.6 Å². The van der Waals surface area contributed by atoms with Crippen LogP contribution in [-0.2, 0) is 4.79 Å². The molecule has 1 aliphatic rings. The maximum Gasteiger partial charge on any atom is 0.290 e. The monoisotopic (exact) mass is 422 g/mol. The molecule has 1 aliphatic heterocycles. The Bertz CT molecular complexity index is 1080. The molecule has 1 saturated heterocycles. The van der Waals surface area contributed by atoms with Crippen LogP contribution in [0.4, 0.5) is 5.69 Å². The van der Waals surface area contributed by atoms with E-state index >= 15 is 0 Å². The maximum atomic E-state index is 13.0. The van der Waals surface area contributed by atoms with Gasteiger partial charge < -0.3 is 19.4 Å². The predicted molar refractivity (Wildman–Crippen MR) is 116 cm³/mol. The molecule has 0 bridgehead atoms. The standard InChI is InChI=1S/C23H26N4O4/c1-15-14-16(2)27(25-15)18-9-7-17(8-10-18)24-22(28)19-6-4-5-13-26(19)23(29)20-11-12-21(30-3)31-20/h7-12,14,19H,4-6,13H2,1-3H3,(H,24,28)/t19-/m0/s1. The number of benzene rings is 1. The van der Waals surface area contributed by atoms with Crippen LogP contribution >= 0.6 is 0 Å². The van der Waals surface area contributed by atoms with Gasteiger partial charge in [-0.15, -0.1) is 0 Å². The third kappa shape index (κ3) is 4.33. The van der Waals surface area contributed by atoms with E-state index < -0.39 is 6.04 Å². The number of likely N-dealkylation sites (tertiary alicyclic amines) is 1. The summed E-state index contributed by atoms with van der Waals surface area (Å²) in [6, 6.07) is 12.1. The molecule has 1 N–H and O–H groups in total. The predicted octanol–water partition coefficient (Wildman–Crippen LogP) is 3.72. The van der Waals surface area contributed by atoms with Gasteiger partial charge in [0.05, 0.1) is 18.5 Å². The normalized spacial score (nSPS) is 16.2. The van der Waals surface area contributed by atoms with Crippen LogP contribution in [0.2, 0.25) is 0 Å². The van der Waals surface area contributed by atoms with Gasteiger partial charge in [0, 0.05) is 24.0 Å². The first-order valence-electron chi connectivity index (χ1n) is 10.4. The molecule has 8 nitrogen and oxygen atoms in total. The lowest BCUT2D eigenvalue weighted by Gasteiger charge is -2.34. The molecule has 3 heterocycles. The number of nitrogens with zero attached hydrogens (tertiary/aromatic N) is 3. The Labute approximate surface area is 180 Å². The van der Waals surface area contributed by atoms with E-state index in [0.29, 0.717) is 18.7 Å². The molecule has 162 valence electrons. The fourth-order valence-electron chi connectivity index (χ4n) is 3.94. The Morgan fingerprint density at radius 3 is 2.55 bits per heavy atom. The van der Waals surface area contributed by atoms with Crippen LogP contribution in [0.1, 0.15) is 41.2 Å². The quantitative estimate of drug-likeness (QED) is 0.677. The van der Waals surface area contributed by atoms with E-state index in [1.165, 1.54) is 7.11 Å². The van der Waals surface area contributed by atoms with E-state index in [0.717, 1.165) is 29.9 Å². The summed E-state index contributed by atoms with van der Waals surface area (Å²) >= 11 is 0. The van der Waals surface area contributed by atoms with Crippen molar-refractivity contribution in [3.8, 4) is 11.6 Å². The number of aryl methyl sites for hydroxylation is 2. The van der Waals surface area contributed by atoms with Crippen molar-refractivity contribution >= 4 is 17.5 Å². The summed E-state index contributed by atoms with van der Waals surface area (Å²) < 4.78 is 12.3. The Morgan fingerprint density at radius 1 is 1.13 bits per heavy atom. The number of methoxy groups -OCH3 is 1. The SMILES string of the molecule is COc1ccc(C(=O)N2CCCC[C@H]2C(=O)Nc2ccc(-n3nc(C)cc3C)cc2)o1. The number of rotatable bonds is 5. The van der Waals surface area contributed by atoms with Crippen molar-refractivity contribution in [3.63, 3.8) is 0 Å².